The van der Waals surface area contributed by atoms with Crippen molar-refractivity contribution >= 4 is 23.4 Å². The van der Waals surface area contributed by atoms with Gasteiger partial charge in [0.2, 0.25) is 5.91 Å². The predicted octanol–water partition coefficient (Wildman–Crippen LogP) is 5.28. The molecule has 0 aromatic heterocycles. The maximum atomic E-state index is 13.6. The number of nitrogens with zero attached hydrogens (tertiary/aromatic N) is 1. The lowest BCUT2D eigenvalue weighted by atomic mass is 10.0. The van der Waals surface area contributed by atoms with E-state index >= 15 is 0 Å². The molecule has 7 heteroatoms. The van der Waals surface area contributed by atoms with Crippen LogP contribution in [0.5, 0.6) is 11.5 Å². The zero-order chi connectivity index (χ0) is 25.9. The summed E-state index contributed by atoms with van der Waals surface area (Å²) in [7, 11) is 1.59. The molecule has 0 fully saturated rings. The van der Waals surface area contributed by atoms with E-state index in [1.807, 2.05) is 62.4 Å². The minimum Gasteiger partial charge on any atom is -0.497 e. The number of benzene rings is 3. The molecule has 6 nitrogen and oxygen atoms in total. The molecule has 0 spiro atoms. The summed E-state index contributed by atoms with van der Waals surface area (Å²) < 4.78 is 11.0. The fourth-order valence-electron chi connectivity index (χ4n) is 3.71. The highest BCUT2D eigenvalue weighted by atomic mass is 35.5. The fraction of sp³-hybridized carbons (Fsp3) is 0.310. The summed E-state index contributed by atoms with van der Waals surface area (Å²) in [6.45, 7) is 3.91. The van der Waals surface area contributed by atoms with Gasteiger partial charge >= 0.3 is 0 Å². The Hall–Kier alpha value is -3.51. The third-order valence-electron chi connectivity index (χ3n) is 5.99. The normalized spacial score (nSPS) is 12.3. The summed E-state index contributed by atoms with van der Waals surface area (Å²) in [5.74, 6) is 0.702. The Morgan fingerprint density at radius 1 is 0.944 bits per heavy atom. The van der Waals surface area contributed by atoms with Gasteiger partial charge in [-0.15, -0.1) is 0 Å². The average Bonchev–Trinajstić information content (AvgIpc) is 2.91. The lowest BCUT2D eigenvalue weighted by Crippen LogP contribution is -2.53. The van der Waals surface area contributed by atoms with E-state index in [-0.39, 0.29) is 31.0 Å². The second-order valence-corrected chi connectivity index (χ2v) is 9.01. The first-order chi connectivity index (χ1) is 17.4. The molecule has 0 bridgehead atoms. The molecule has 0 heterocycles. The summed E-state index contributed by atoms with van der Waals surface area (Å²) in [5, 5.41) is 3.59. The van der Waals surface area contributed by atoms with E-state index in [2.05, 4.69) is 5.32 Å². The number of amides is 2. The fourth-order valence-corrected chi connectivity index (χ4v) is 3.90. The molecule has 2 amide bonds. The third kappa shape index (κ3) is 7.75. The summed E-state index contributed by atoms with van der Waals surface area (Å²) in [5.41, 5.74) is 1.71. The van der Waals surface area contributed by atoms with Crippen LogP contribution in [-0.4, -0.2) is 42.5 Å². The van der Waals surface area contributed by atoms with E-state index in [1.54, 1.807) is 42.3 Å². The van der Waals surface area contributed by atoms with Crippen LogP contribution in [0.25, 0.3) is 0 Å². The molecule has 3 aromatic carbocycles. The van der Waals surface area contributed by atoms with Gasteiger partial charge in [-0.2, -0.15) is 0 Å². The Kier molecular flexibility index (Phi) is 10.2. The van der Waals surface area contributed by atoms with Crippen LogP contribution in [0.4, 0.5) is 0 Å². The molecule has 0 radical (unpaired) electrons. The minimum absolute atomic E-state index is 0.0245. The van der Waals surface area contributed by atoms with Crippen LogP contribution in [0, 0.1) is 0 Å². The largest absolute Gasteiger partial charge is 0.497 e. The molecule has 36 heavy (non-hydrogen) atoms. The first-order valence-electron chi connectivity index (χ1n) is 12.0. The molecular weight excluding hydrogens is 476 g/mol. The minimum atomic E-state index is -0.746. The maximum absolute atomic E-state index is 13.6. The van der Waals surface area contributed by atoms with Gasteiger partial charge in [0, 0.05) is 24.0 Å². The van der Waals surface area contributed by atoms with Crippen molar-refractivity contribution in [1.29, 1.82) is 0 Å². The second kappa shape index (κ2) is 13.5. The van der Waals surface area contributed by atoms with E-state index < -0.39 is 6.04 Å². The van der Waals surface area contributed by atoms with Crippen molar-refractivity contribution in [2.45, 2.75) is 45.3 Å². The highest BCUT2D eigenvalue weighted by molar-refractivity contribution is 6.31. The number of hydrogen-bond donors (Lipinski definition) is 1. The molecule has 3 rings (SSSR count). The number of halogens is 1. The SMILES string of the molecule is CC[C@@H](C)NC(=O)[C@H](Cc1ccccc1)N(Cc1ccccc1Cl)C(=O)COc1ccc(OC)cc1. The van der Waals surface area contributed by atoms with Gasteiger partial charge in [0.25, 0.3) is 5.91 Å². The van der Waals surface area contributed by atoms with E-state index in [0.717, 1.165) is 17.5 Å². The Morgan fingerprint density at radius 3 is 2.22 bits per heavy atom. The van der Waals surface area contributed by atoms with Gasteiger partial charge in [0.1, 0.15) is 17.5 Å². The zero-order valence-electron chi connectivity index (χ0n) is 20.9. The van der Waals surface area contributed by atoms with Crippen molar-refractivity contribution < 1.29 is 19.1 Å². The van der Waals surface area contributed by atoms with Gasteiger partial charge in [0.05, 0.1) is 7.11 Å². The number of methoxy groups -OCH3 is 1. The quantitative estimate of drug-likeness (QED) is 0.361. The standard InChI is InChI=1S/C29H33ClN2O4/c1-4-21(2)31-29(34)27(18-22-10-6-5-7-11-22)32(19-23-12-8-9-13-26(23)30)28(33)20-36-25-16-14-24(35-3)15-17-25/h5-17,21,27H,4,18-20H2,1-3H3,(H,31,34)/t21-,27+/m1/s1. The summed E-state index contributed by atoms with van der Waals surface area (Å²) in [4.78, 5) is 28.7. The van der Waals surface area contributed by atoms with Crippen LogP contribution in [-0.2, 0) is 22.6 Å². The van der Waals surface area contributed by atoms with Crippen molar-refractivity contribution in [3.8, 4) is 11.5 Å². The maximum Gasteiger partial charge on any atom is 0.261 e. The Balaban J connectivity index is 1.90. The lowest BCUT2D eigenvalue weighted by Gasteiger charge is -2.32. The number of nitrogens with one attached hydrogen (secondary N) is 1. The zero-order valence-corrected chi connectivity index (χ0v) is 21.7. The molecule has 190 valence electrons. The molecule has 1 N–H and O–H groups in total. The molecule has 3 aromatic rings. The lowest BCUT2D eigenvalue weighted by molar-refractivity contribution is -0.143. The Bertz CT molecular complexity index is 1120. The smallest absolute Gasteiger partial charge is 0.261 e. The monoisotopic (exact) mass is 508 g/mol. The first kappa shape index (κ1) is 27.1. The summed E-state index contributed by atoms with van der Waals surface area (Å²) >= 11 is 6.44. The van der Waals surface area contributed by atoms with E-state index in [9.17, 15) is 9.59 Å². The van der Waals surface area contributed by atoms with Crippen molar-refractivity contribution in [1.82, 2.24) is 10.2 Å². The molecule has 0 aliphatic carbocycles. The van der Waals surface area contributed by atoms with Gasteiger partial charge in [0.15, 0.2) is 6.61 Å². The number of ether oxygens (including phenoxy) is 2. The van der Waals surface area contributed by atoms with Crippen LogP contribution in [0.2, 0.25) is 5.02 Å². The van der Waals surface area contributed by atoms with Crippen LogP contribution >= 0.6 is 11.6 Å². The summed E-state index contributed by atoms with van der Waals surface area (Å²) in [6, 6.07) is 23.2. The number of carbonyl (C=O) groups excluding carboxylic acids is 2. The average molecular weight is 509 g/mol. The molecule has 2 atom stereocenters. The Morgan fingerprint density at radius 2 is 1.58 bits per heavy atom. The molecular formula is C29H33ClN2O4. The number of carbonyl (C=O) groups is 2. The topological polar surface area (TPSA) is 67.9 Å². The Labute approximate surface area is 218 Å². The van der Waals surface area contributed by atoms with Crippen LogP contribution in [0.15, 0.2) is 78.9 Å². The molecule has 0 saturated heterocycles. The molecule has 0 unspecified atom stereocenters. The highest BCUT2D eigenvalue weighted by Gasteiger charge is 2.31. The van der Waals surface area contributed by atoms with Crippen molar-refractivity contribution in [2.24, 2.45) is 0 Å². The molecule has 0 saturated carbocycles. The van der Waals surface area contributed by atoms with Crippen molar-refractivity contribution in [3.05, 3.63) is 95.0 Å². The van der Waals surface area contributed by atoms with Crippen LogP contribution in [0.3, 0.4) is 0 Å². The van der Waals surface area contributed by atoms with Gasteiger partial charge in [-0.3, -0.25) is 9.59 Å². The first-order valence-corrected chi connectivity index (χ1v) is 12.4. The van der Waals surface area contributed by atoms with Crippen molar-refractivity contribution in [2.75, 3.05) is 13.7 Å². The van der Waals surface area contributed by atoms with Crippen molar-refractivity contribution in [3.63, 3.8) is 0 Å². The number of hydrogen-bond acceptors (Lipinski definition) is 4. The van der Waals surface area contributed by atoms with Gasteiger partial charge in [-0.1, -0.05) is 67.1 Å². The van der Waals surface area contributed by atoms with Crippen LogP contribution in [0.1, 0.15) is 31.4 Å². The van der Waals surface area contributed by atoms with Crippen LogP contribution < -0.4 is 14.8 Å². The third-order valence-corrected chi connectivity index (χ3v) is 6.36. The van der Waals surface area contributed by atoms with E-state index in [1.165, 1.54) is 0 Å². The second-order valence-electron chi connectivity index (χ2n) is 8.60. The van der Waals surface area contributed by atoms with Gasteiger partial charge < -0.3 is 19.7 Å². The summed E-state index contributed by atoms with van der Waals surface area (Å²) in [6.07, 6.45) is 1.14. The number of rotatable bonds is 12. The highest BCUT2D eigenvalue weighted by Crippen LogP contribution is 2.22. The predicted molar refractivity (Wildman–Crippen MR) is 142 cm³/mol. The van der Waals surface area contributed by atoms with E-state index in [4.69, 9.17) is 21.1 Å². The molecule has 0 aliphatic rings. The van der Waals surface area contributed by atoms with Gasteiger partial charge in [-0.05, 0) is 54.8 Å². The van der Waals surface area contributed by atoms with Gasteiger partial charge in [-0.25, -0.2) is 0 Å². The van der Waals surface area contributed by atoms with E-state index in [0.29, 0.717) is 22.9 Å². The molecule has 0 aliphatic heterocycles.